The summed E-state index contributed by atoms with van der Waals surface area (Å²) in [6, 6.07) is 2.41. The Bertz CT molecular complexity index is 472. The van der Waals surface area contributed by atoms with E-state index < -0.39 is 34.2 Å². The molecule has 17 heavy (non-hydrogen) atoms. The number of hydrogen-bond donors (Lipinski definition) is 1. The van der Waals surface area contributed by atoms with Crippen molar-refractivity contribution in [1.82, 2.24) is 0 Å². The lowest BCUT2D eigenvalue weighted by atomic mass is 10.2. The van der Waals surface area contributed by atoms with Gasteiger partial charge in [0.25, 0.3) is 5.69 Å². The third kappa shape index (κ3) is 2.89. The van der Waals surface area contributed by atoms with Crippen molar-refractivity contribution in [1.29, 1.82) is 0 Å². The first-order chi connectivity index (χ1) is 7.73. The van der Waals surface area contributed by atoms with E-state index in [1.807, 2.05) is 0 Å². The zero-order chi connectivity index (χ0) is 13.2. The highest BCUT2D eigenvalue weighted by atomic mass is 19.4. The number of benzene rings is 1. The molecule has 92 valence electrons. The van der Waals surface area contributed by atoms with Crippen molar-refractivity contribution in [2.24, 2.45) is 0 Å². The SMILES string of the molecule is O=C(Nc1c(F)cccc1[N+](=O)[O-])C(F)(F)F. The van der Waals surface area contributed by atoms with Crippen LogP contribution >= 0.6 is 0 Å². The van der Waals surface area contributed by atoms with Gasteiger partial charge in [-0.2, -0.15) is 13.2 Å². The fourth-order valence-electron chi connectivity index (χ4n) is 0.973. The van der Waals surface area contributed by atoms with Crippen LogP contribution in [0.3, 0.4) is 0 Å². The highest BCUT2D eigenvalue weighted by Gasteiger charge is 2.40. The number of carbonyl (C=O) groups excluding carboxylic acids is 1. The second-order valence-corrected chi connectivity index (χ2v) is 2.84. The van der Waals surface area contributed by atoms with E-state index in [1.54, 1.807) is 0 Å². The van der Waals surface area contributed by atoms with Gasteiger partial charge in [0.05, 0.1) is 4.92 Å². The normalized spacial score (nSPS) is 11.1. The average molecular weight is 252 g/mol. The van der Waals surface area contributed by atoms with Gasteiger partial charge in [-0.3, -0.25) is 14.9 Å². The quantitative estimate of drug-likeness (QED) is 0.498. The molecule has 0 aliphatic rings. The molecule has 5 nitrogen and oxygen atoms in total. The minimum absolute atomic E-state index is 0.693. The molecule has 0 unspecified atom stereocenters. The lowest BCUT2D eigenvalue weighted by molar-refractivity contribution is -0.384. The highest BCUT2D eigenvalue weighted by Crippen LogP contribution is 2.28. The molecule has 0 saturated heterocycles. The van der Waals surface area contributed by atoms with Gasteiger partial charge in [0.2, 0.25) is 0 Å². The van der Waals surface area contributed by atoms with Crippen LogP contribution in [0, 0.1) is 15.9 Å². The van der Waals surface area contributed by atoms with Crippen LogP contribution in [0.4, 0.5) is 28.9 Å². The van der Waals surface area contributed by atoms with Crippen molar-refractivity contribution in [2.45, 2.75) is 6.18 Å². The molecule has 0 aliphatic carbocycles. The third-order valence-electron chi connectivity index (χ3n) is 1.68. The number of para-hydroxylation sites is 1. The molecule has 1 aromatic carbocycles. The molecule has 0 spiro atoms. The van der Waals surface area contributed by atoms with Gasteiger partial charge in [0, 0.05) is 6.07 Å². The lowest BCUT2D eigenvalue weighted by Gasteiger charge is -2.08. The molecule has 0 aliphatic heterocycles. The van der Waals surface area contributed by atoms with Gasteiger partial charge >= 0.3 is 12.1 Å². The molecule has 0 bridgehead atoms. The minimum atomic E-state index is -5.25. The Balaban J connectivity index is 3.14. The molecule has 1 amide bonds. The number of nitro benzene ring substituents is 1. The number of anilines is 1. The van der Waals surface area contributed by atoms with Gasteiger partial charge in [-0.1, -0.05) is 6.07 Å². The minimum Gasteiger partial charge on any atom is -0.310 e. The van der Waals surface area contributed by atoms with Crippen molar-refractivity contribution in [2.75, 3.05) is 5.32 Å². The van der Waals surface area contributed by atoms with Crippen molar-refractivity contribution in [3.05, 3.63) is 34.1 Å². The summed E-state index contributed by atoms with van der Waals surface area (Å²) in [6.45, 7) is 0. The number of halogens is 4. The second kappa shape index (κ2) is 4.36. The molecule has 1 N–H and O–H groups in total. The lowest BCUT2D eigenvalue weighted by Crippen LogP contribution is -2.30. The van der Waals surface area contributed by atoms with Crippen molar-refractivity contribution >= 4 is 17.3 Å². The van der Waals surface area contributed by atoms with Gasteiger partial charge in [-0.15, -0.1) is 0 Å². The van der Waals surface area contributed by atoms with Crippen LogP contribution in [0.1, 0.15) is 0 Å². The molecule has 0 saturated carbocycles. The molecular formula is C8H4F4N2O3. The Hall–Kier alpha value is -2.19. The Kier molecular flexibility index (Phi) is 3.30. The monoisotopic (exact) mass is 252 g/mol. The van der Waals surface area contributed by atoms with Crippen LogP contribution < -0.4 is 5.32 Å². The fraction of sp³-hybridized carbons (Fsp3) is 0.125. The van der Waals surface area contributed by atoms with Crippen molar-refractivity contribution in [3.63, 3.8) is 0 Å². The van der Waals surface area contributed by atoms with E-state index in [9.17, 15) is 32.5 Å². The number of nitrogens with one attached hydrogen (secondary N) is 1. The maximum atomic E-state index is 13.1. The average Bonchev–Trinajstić information content (AvgIpc) is 2.18. The molecule has 1 aromatic rings. The molecule has 0 radical (unpaired) electrons. The van der Waals surface area contributed by atoms with Crippen LogP contribution in [0.15, 0.2) is 18.2 Å². The fourth-order valence-corrected chi connectivity index (χ4v) is 0.973. The molecule has 0 atom stereocenters. The Morgan fingerprint density at radius 3 is 2.41 bits per heavy atom. The van der Waals surface area contributed by atoms with Crippen LogP contribution in [0.2, 0.25) is 0 Å². The van der Waals surface area contributed by atoms with E-state index in [4.69, 9.17) is 0 Å². The Labute approximate surface area is 91.2 Å². The number of amides is 1. The summed E-state index contributed by atoms with van der Waals surface area (Å²) in [4.78, 5) is 19.8. The number of carbonyl (C=O) groups is 1. The van der Waals surface area contributed by atoms with Crippen molar-refractivity contribution < 1.29 is 27.3 Å². The molecule has 0 fully saturated rings. The van der Waals surface area contributed by atoms with Crippen molar-refractivity contribution in [3.8, 4) is 0 Å². The molecule has 1 rings (SSSR count). The molecule has 0 heterocycles. The molecule has 9 heteroatoms. The third-order valence-corrected chi connectivity index (χ3v) is 1.68. The highest BCUT2D eigenvalue weighted by molar-refractivity contribution is 5.96. The smallest absolute Gasteiger partial charge is 0.310 e. The first-order valence-electron chi connectivity index (χ1n) is 4.04. The summed E-state index contributed by atoms with van der Waals surface area (Å²) in [7, 11) is 0. The van der Waals surface area contributed by atoms with Gasteiger partial charge in [0.15, 0.2) is 11.5 Å². The second-order valence-electron chi connectivity index (χ2n) is 2.84. The zero-order valence-electron chi connectivity index (χ0n) is 7.92. The number of alkyl halides is 3. The molecule has 0 aromatic heterocycles. The number of rotatable bonds is 2. The van der Waals surface area contributed by atoms with Crippen LogP contribution in [0.25, 0.3) is 0 Å². The summed E-state index contributed by atoms with van der Waals surface area (Å²) in [6.07, 6.45) is -5.25. The van der Waals surface area contributed by atoms with E-state index >= 15 is 0 Å². The van der Waals surface area contributed by atoms with E-state index in [2.05, 4.69) is 0 Å². The van der Waals surface area contributed by atoms with Gasteiger partial charge in [-0.05, 0) is 6.07 Å². The predicted octanol–water partition coefficient (Wildman–Crippen LogP) is 2.23. The number of hydrogen-bond acceptors (Lipinski definition) is 3. The standard InChI is InChI=1S/C8H4F4N2O3/c9-4-2-1-3-5(14(16)17)6(4)13-7(15)8(10,11)12/h1-3H,(H,13,15). The Morgan fingerprint density at radius 2 is 1.94 bits per heavy atom. The molecular weight excluding hydrogens is 248 g/mol. The maximum absolute atomic E-state index is 13.1. The topological polar surface area (TPSA) is 72.2 Å². The van der Waals surface area contributed by atoms with E-state index in [1.165, 1.54) is 0 Å². The van der Waals surface area contributed by atoms with E-state index in [0.29, 0.717) is 6.07 Å². The maximum Gasteiger partial charge on any atom is 0.471 e. The number of nitrogens with zero attached hydrogens (tertiary/aromatic N) is 1. The van der Waals surface area contributed by atoms with E-state index in [0.717, 1.165) is 17.4 Å². The Morgan fingerprint density at radius 1 is 1.35 bits per heavy atom. The first kappa shape index (κ1) is 12.9. The van der Waals surface area contributed by atoms with Gasteiger partial charge < -0.3 is 5.32 Å². The zero-order valence-corrected chi connectivity index (χ0v) is 7.92. The summed E-state index contributed by atoms with van der Waals surface area (Å²) in [5, 5.41) is 11.5. The summed E-state index contributed by atoms with van der Waals surface area (Å²) in [5.74, 6) is -3.80. The van der Waals surface area contributed by atoms with E-state index in [-0.39, 0.29) is 0 Å². The van der Waals surface area contributed by atoms with Crippen LogP contribution in [-0.4, -0.2) is 17.0 Å². The summed E-state index contributed by atoms with van der Waals surface area (Å²) < 4.78 is 48.8. The van der Waals surface area contributed by atoms with Crippen LogP contribution in [-0.2, 0) is 4.79 Å². The number of nitro groups is 1. The predicted molar refractivity (Wildman–Crippen MR) is 47.7 cm³/mol. The van der Waals surface area contributed by atoms with Crippen LogP contribution in [0.5, 0.6) is 0 Å². The first-order valence-corrected chi connectivity index (χ1v) is 4.04. The summed E-state index contributed by atoms with van der Waals surface area (Å²) in [5.41, 5.74) is -2.07. The largest absolute Gasteiger partial charge is 0.471 e. The summed E-state index contributed by atoms with van der Waals surface area (Å²) >= 11 is 0. The van der Waals surface area contributed by atoms with Gasteiger partial charge in [0.1, 0.15) is 0 Å². The van der Waals surface area contributed by atoms with Gasteiger partial charge in [-0.25, -0.2) is 4.39 Å².